The van der Waals surface area contributed by atoms with Gasteiger partial charge in [0.15, 0.2) is 0 Å². The van der Waals surface area contributed by atoms with Crippen molar-refractivity contribution in [2.75, 3.05) is 32.7 Å². The van der Waals surface area contributed by atoms with Crippen molar-refractivity contribution in [3.63, 3.8) is 0 Å². The average molecular weight is 399 g/mol. The van der Waals surface area contributed by atoms with Gasteiger partial charge in [-0.15, -0.1) is 0 Å². The molecule has 0 amide bonds. The number of hydrogen-bond donors (Lipinski definition) is 0. The molecule has 146 valence electrons. The average Bonchev–Trinajstić information content (AvgIpc) is 2.52. The van der Waals surface area contributed by atoms with Crippen LogP contribution in [0.3, 0.4) is 0 Å². The van der Waals surface area contributed by atoms with E-state index in [1.807, 2.05) is 13.0 Å². The van der Waals surface area contributed by atoms with Crippen LogP contribution in [0, 0.1) is 24.2 Å². The van der Waals surface area contributed by atoms with E-state index in [2.05, 4.69) is 25.7 Å². The maximum atomic E-state index is 13.4. The minimum absolute atomic E-state index is 0.171. The smallest absolute Gasteiger partial charge is 0.244 e. The van der Waals surface area contributed by atoms with Crippen molar-refractivity contribution in [1.82, 2.24) is 9.21 Å². The molecule has 0 aliphatic carbocycles. The second-order valence-electron chi connectivity index (χ2n) is 8.54. The molecule has 2 bridgehead atoms. The van der Waals surface area contributed by atoms with Gasteiger partial charge in [0.25, 0.3) is 0 Å². The number of aryl methyl sites for hydroxylation is 1. The minimum Gasteiger partial charge on any atom is -0.303 e. The van der Waals surface area contributed by atoms with Crippen LogP contribution in [0.25, 0.3) is 0 Å². The van der Waals surface area contributed by atoms with E-state index in [0.717, 1.165) is 25.2 Å². The van der Waals surface area contributed by atoms with E-state index in [4.69, 9.17) is 11.6 Å². The lowest BCUT2D eigenvalue weighted by Gasteiger charge is -2.55. The Hall–Kier alpha value is -0.620. The monoisotopic (exact) mass is 398 g/mol. The van der Waals surface area contributed by atoms with Gasteiger partial charge in [-0.05, 0) is 48.8 Å². The summed E-state index contributed by atoms with van der Waals surface area (Å²) in [5.74, 6) is 0.703. The van der Waals surface area contributed by atoms with E-state index in [0.29, 0.717) is 29.9 Å². The molecule has 1 aromatic carbocycles. The van der Waals surface area contributed by atoms with E-state index in [1.54, 1.807) is 16.4 Å². The van der Waals surface area contributed by atoms with Crippen molar-refractivity contribution in [3.8, 4) is 0 Å². The third kappa shape index (κ3) is 3.56. The van der Waals surface area contributed by atoms with Crippen molar-refractivity contribution in [1.29, 1.82) is 0 Å². The van der Waals surface area contributed by atoms with Crippen LogP contribution in [0.5, 0.6) is 0 Å². The molecule has 2 saturated heterocycles. The number of nitrogens with zero attached hydrogens (tertiary/aromatic N) is 2. The van der Waals surface area contributed by atoms with Gasteiger partial charge in [0.2, 0.25) is 10.0 Å². The normalized spacial score (nSPS) is 26.8. The second-order valence-corrected chi connectivity index (χ2v) is 10.8. The Kier molecular flexibility index (Phi) is 5.74. The topological polar surface area (TPSA) is 40.6 Å². The molecule has 0 saturated carbocycles. The molecular weight excluding hydrogens is 368 g/mol. The van der Waals surface area contributed by atoms with Crippen LogP contribution in [0.2, 0.25) is 5.02 Å². The number of likely N-dealkylation sites (tertiary alicyclic amines) is 1. The molecule has 26 heavy (non-hydrogen) atoms. The summed E-state index contributed by atoms with van der Waals surface area (Å²) in [5, 5.41) is 0.324. The van der Waals surface area contributed by atoms with Crippen LogP contribution >= 0.6 is 11.6 Å². The second kappa shape index (κ2) is 7.42. The number of unbranched alkanes of at least 4 members (excludes halogenated alkanes) is 1. The summed E-state index contributed by atoms with van der Waals surface area (Å²) in [6.45, 7) is 12.9. The maximum Gasteiger partial charge on any atom is 0.244 e. The van der Waals surface area contributed by atoms with Gasteiger partial charge >= 0.3 is 0 Å². The fourth-order valence-electron chi connectivity index (χ4n) is 4.49. The van der Waals surface area contributed by atoms with Gasteiger partial charge < -0.3 is 4.90 Å². The molecule has 6 heteroatoms. The molecule has 0 N–H and O–H groups in total. The summed E-state index contributed by atoms with van der Waals surface area (Å²) in [6, 6.07) is 5.29. The first-order valence-electron chi connectivity index (χ1n) is 9.65. The van der Waals surface area contributed by atoms with E-state index >= 15 is 0 Å². The molecule has 2 atom stereocenters. The molecule has 2 aliphatic rings. The van der Waals surface area contributed by atoms with E-state index in [1.165, 1.54) is 12.8 Å². The molecule has 2 heterocycles. The van der Waals surface area contributed by atoms with E-state index in [9.17, 15) is 8.42 Å². The SMILES string of the molecule is CCCCN1CC2CN(S(=O)(=O)c3c(C)cccc3Cl)CC(C1)C2(C)C. The Morgan fingerprint density at radius 1 is 1.15 bits per heavy atom. The zero-order chi connectivity index (χ0) is 19.1. The number of rotatable bonds is 5. The van der Waals surface area contributed by atoms with Crippen molar-refractivity contribution >= 4 is 21.6 Å². The summed E-state index contributed by atoms with van der Waals surface area (Å²) in [6.07, 6.45) is 2.40. The molecule has 4 nitrogen and oxygen atoms in total. The molecular formula is C20H31ClN2O2S. The quantitative estimate of drug-likeness (QED) is 0.751. The van der Waals surface area contributed by atoms with Gasteiger partial charge in [-0.3, -0.25) is 0 Å². The number of sulfonamides is 1. The number of benzene rings is 1. The Balaban J connectivity index is 1.87. The Labute approximate surface area is 163 Å². The molecule has 3 rings (SSSR count). The Bertz CT molecular complexity index is 725. The largest absolute Gasteiger partial charge is 0.303 e. The van der Waals surface area contributed by atoms with E-state index in [-0.39, 0.29) is 10.3 Å². The molecule has 2 unspecified atom stereocenters. The maximum absolute atomic E-state index is 13.4. The number of halogens is 1. The predicted octanol–water partition coefficient (Wildman–Crippen LogP) is 4.03. The van der Waals surface area contributed by atoms with Gasteiger partial charge in [0, 0.05) is 26.2 Å². The van der Waals surface area contributed by atoms with Crippen LogP contribution in [-0.4, -0.2) is 50.3 Å². The first-order chi connectivity index (χ1) is 12.2. The summed E-state index contributed by atoms with van der Waals surface area (Å²) >= 11 is 6.28. The minimum atomic E-state index is -3.57. The molecule has 2 fully saturated rings. The van der Waals surface area contributed by atoms with Crippen LogP contribution in [0.15, 0.2) is 23.1 Å². The van der Waals surface area contributed by atoms with Gasteiger partial charge in [-0.25, -0.2) is 8.42 Å². The number of hydrogen-bond acceptors (Lipinski definition) is 3. The lowest BCUT2D eigenvalue weighted by molar-refractivity contribution is -0.0493. The first-order valence-corrected chi connectivity index (χ1v) is 11.5. The Morgan fingerprint density at radius 3 is 2.31 bits per heavy atom. The van der Waals surface area contributed by atoms with Crippen LogP contribution < -0.4 is 0 Å². The fraction of sp³-hybridized carbons (Fsp3) is 0.700. The number of fused-ring (bicyclic) bond motifs is 2. The summed E-state index contributed by atoms with van der Waals surface area (Å²) < 4.78 is 28.4. The zero-order valence-corrected chi connectivity index (χ0v) is 17.9. The van der Waals surface area contributed by atoms with Gasteiger partial charge in [0.05, 0.1) is 5.02 Å². The lowest BCUT2D eigenvalue weighted by atomic mass is 9.64. The van der Waals surface area contributed by atoms with Gasteiger partial charge in [-0.2, -0.15) is 4.31 Å². The van der Waals surface area contributed by atoms with Crippen LogP contribution in [0.4, 0.5) is 0 Å². The predicted molar refractivity (Wildman–Crippen MR) is 107 cm³/mol. The van der Waals surface area contributed by atoms with E-state index < -0.39 is 10.0 Å². The van der Waals surface area contributed by atoms with Crippen molar-refractivity contribution in [2.45, 2.75) is 45.4 Å². The lowest BCUT2D eigenvalue weighted by Crippen LogP contribution is -2.62. The molecule has 0 aromatic heterocycles. The molecule has 1 aromatic rings. The standard InChI is InChI=1S/C20H31ClN2O2S/c1-5-6-10-22-11-16-13-23(14-17(12-22)20(16,3)4)26(24,25)19-15(2)8-7-9-18(19)21/h7-9,16-17H,5-6,10-14H2,1-4H3. The highest BCUT2D eigenvalue weighted by Gasteiger charge is 2.50. The molecule has 2 aliphatic heterocycles. The van der Waals surface area contributed by atoms with Crippen molar-refractivity contribution < 1.29 is 8.42 Å². The fourth-order valence-corrected chi connectivity index (χ4v) is 6.80. The summed E-state index contributed by atoms with van der Waals surface area (Å²) in [7, 11) is -3.57. The third-order valence-electron chi connectivity index (χ3n) is 6.50. The highest BCUT2D eigenvalue weighted by Crippen LogP contribution is 2.46. The van der Waals surface area contributed by atoms with Crippen LogP contribution in [-0.2, 0) is 10.0 Å². The highest BCUT2D eigenvalue weighted by atomic mass is 35.5. The first kappa shape index (κ1) is 20.1. The van der Waals surface area contributed by atoms with Gasteiger partial charge in [-0.1, -0.05) is 50.9 Å². The van der Waals surface area contributed by atoms with Crippen LogP contribution in [0.1, 0.15) is 39.2 Å². The third-order valence-corrected chi connectivity index (χ3v) is 8.96. The summed E-state index contributed by atoms with van der Waals surface area (Å²) in [4.78, 5) is 2.82. The van der Waals surface area contributed by atoms with Crippen molar-refractivity contribution in [2.24, 2.45) is 17.3 Å². The molecule has 0 spiro atoms. The number of piperidine rings is 2. The van der Waals surface area contributed by atoms with Gasteiger partial charge in [0.1, 0.15) is 4.90 Å². The summed E-state index contributed by atoms with van der Waals surface area (Å²) in [5.41, 5.74) is 0.890. The molecule has 0 radical (unpaired) electrons. The Morgan fingerprint density at radius 2 is 1.77 bits per heavy atom. The highest BCUT2D eigenvalue weighted by molar-refractivity contribution is 7.89. The zero-order valence-electron chi connectivity index (χ0n) is 16.3. The van der Waals surface area contributed by atoms with Crippen molar-refractivity contribution in [3.05, 3.63) is 28.8 Å².